The highest BCUT2D eigenvalue weighted by Gasteiger charge is 2.26. The number of nitrogens with two attached hydrogens (primary N) is 1. The predicted molar refractivity (Wildman–Crippen MR) is 91.1 cm³/mol. The average molecular weight is 338 g/mol. The van der Waals surface area contributed by atoms with Crippen molar-refractivity contribution in [2.75, 3.05) is 12.3 Å². The Morgan fingerprint density at radius 2 is 1.91 bits per heavy atom. The van der Waals surface area contributed by atoms with Crippen LogP contribution in [0.4, 0.5) is 0 Å². The molecule has 0 saturated heterocycles. The van der Waals surface area contributed by atoms with Crippen molar-refractivity contribution in [3.8, 4) is 0 Å². The Hall–Kier alpha value is -1.40. The van der Waals surface area contributed by atoms with E-state index in [1.54, 1.807) is 25.1 Å². The molecule has 1 aromatic rings. The molecule has 1 aliphatic carbocycles. The summed E-state index contributed by atoms with van der Waals surface area (Å²) >= 11 is 0. The molecule has 0 spiro atoms. The van der Waals surface area contributed by atoms with Crippen molar-refractivity contribution in [2.45, 2.75) is 50.0 Å². The largest absolute Gasteiger partial charge is 0.348 e. The number of benzene rings is 1. The van der Waals surface area contributed by atoms with Crippen molar-refractivity contribution >= 4 is 15.7 Å². The summed E-state index contributed by atoms with van der Waals surface area (Å²) in [4.78, 5) is 12.7. The first-order chi connectivity index (χ1) is 11.0. The smallest absolute Gasteiger partial charge is 0.252 e. The fourth-order valence-corrected chi connectivity index (χ4v) is 4.33. The second-order valence-electron chi connectivity index (χ2n) is 6.11. The Kier molecular flexibility index (Phi) is 6.18. The van der Waals surface area contributed by atoms with Crippen molar-refractivity contribution in [1.82, 2.24) is 5.32 Å². The second kappa shape index (κ2) is 7.93. The van der Waals surface area contributed by atoms with Crippen LogP contribution in [0.3, 0.4) is 0 Å². The molecule has 1 aliphatic rings. The van der Waals surface area contributed by atoms with Crippen molar-refractivity contribution in [2.24, 2.45) is 11.7 Å². The van der Waals surface area contributed by atoms with Crippen LogP contribution in [0.2, 0.25) is 0 Å². The summed E-state index contributed by atoms with van der Waals surface area (Å²) in [5.41, 5.74) is 6.06. The zero-order chi connectivity index (χ0) is 16.9. The number of rotatable bonds is 6. The van der Waals surface area contributed by atoms with Crippen molar-refractivity contribution in [3.63, 3.8) is 0 Å². The fraction of sp³-hybridized carbons (Fsp3) is 0.588. The van der Waals surface area contributed by atoms with Crippen LogP contribution in [0.25, 0.3) is 0 Å². The van der Waals surface area contributed by atoms with Gasteiger partial charge in [-0.3, -0.25) is 4.79 Å². The van der Waals surface area contributed by atoms with E-state index in [2.05, 4.69) is 5.32 Å². The summed E-state index contributed by atoms with van der Waals surface area (Å²) in [6.07, 6.45) is 5.70. The lowest BCUT2D eigenvalue weighted by molar-refractivity contribution is 0.0912. The van der Waals surface area contributed by atoms with Crippen LogP contribution in [-0.4, -0.2) is 32.7 Å². The molecule has 128 valence electrons. The minimum Gasteiger partial charge on any atom is -0.348 e. The number of hydrogen-bond donors (Lipinski definition) is 2. The van der Waals surface area contributed by atoms with Gasteiger partial charge in [-0.2, -0.15) is 0 Å². The molecular weight excluding hydrogens is 312 g/mol. The molecule has 1 saturated carbocycles. The fourth-order valence-electron chi connectivity index (χ4n) is 3.23. The van der Waals surface area contributed by atoms with E-state index in [-0.39, 0.29) is 28.2 Å². The number of carbonyl (C=O) groups excluding carboxylic acids is 1. The Morgan fingerprint density at radius 3 is 2.52 bits per heavy atom. The van der Waals surface area contributed by atoms with Gasteiger partial charge in [0.2, 0.25) is 0 Å². The van der Waals surface area contributed by atoms with Crippen molar-refractivity contribution in [1.29, 1.82) is 0 Å². The standard InChI is InChI=1S/C17H26N2O3S/c1-2-23(21,22)16-11-7-6-10-14(16)17(20)19-15(12-18)13-8-4-3-5-9-13/h6-7,10-11,13,15H,2-5,8-9,12,18H2,1H3,(H,19,20). The van der Waals surface area contributed by atoms with E-state index < -0.39 is 9.84 Å². The molecule has 0 heterocycles. The molecular formula is C17H26N2O3S. The van der Waals surface area contributed by atoms with Gasteiger partial charge in [-0.15, -0.1) is 0 Å². The maximum atomic E-state index is 12.6. The molecule has 23 heavy (non-hydrogen) atoms. The number of nitrogens with one attached hydrogen (secondary N) is 1. The molecule has 1 atom stereocenters. The summed E-state index contributed by atoms with van der Waals surface area (Å²) in [7, 11) is -3.43. The van der Waals surface area contributed by atoms with E-state index >= 15 is 0 Å². The molecule has 0 aromatic heterocycles. The second-order valence-corrected chi connectivity index (χ2v) is 8.36. The Bertz CT molecular complexity index is 637. The normalized spacial score (nSPS) is 17.7. The van der Waals surface area contributed by atoms with E-state index in [1.807, 2.05) is 0 Å². The minimum atomic E-state index is -3.43. The Labute approximate surface area is 138 Å². The molecule has 1 aromatic carbocycles. The summed E-state index contributed by atoms with van der Waals surface area (Å²) < 4.78 is 24.4. The third kappa shape index (κ3) is 4.32. The monoisotopic (exact) mass is 338 g/mol. The maximum absolute atomic E-state index is 12.6. The van der Waals surface area contributed by atoms with E-state index in [0.717, 1.165) is 25.7 Å². The predicted octanol–water partition coefficient (Wildman–Crippen LogP) is 2.12. The molecule has 1 unspecified atom stereocenters. The van der Waals surface area contributed by atoms with Gasteiger partial charge in [0.15, 0.2) is 9.84 Å². The lowest BCUT2D eigenvalue weighted by Gasteiger charge is -2.30. The van der Waals surface area contributed by atoms with E-state index in [1.165, 1.54) is 12.5 Å². The van der Waals surface area contributed by atoms with Gasteiger partial charge in [0.05, 0.1) is 16.2 Å². The molecule has 0 aliphatic heterocycles. The van der Waals surface area contributed by atoms with Crippen LogP contribution in [0.5, 0.6) is 0 Å². The first kappa shape index (κ1) is 17.9. The van der Waals surface area contributed by atoms with Gasteiger partial charge in [-0.25, -0.2) is 8.42 Å². The lowest BCUT2D eigenvalue weighted by Crippen LogP contribution is -2.46. The van der Waals surface area contributed by atoms with Gasteiger partial charge < -0.3 is 11.1 Å². The first-order valence-electron chi connectivity index (χ1n) is 8.32. The average Bonchev–Trinajstić information content (AvgIpc) is 2.60. The van der Waals surface area contributed by atoms with Crippen LogP contribution in [0, 0.1) is 5.92 Å². The maximum Gasteiger partial charge on any atom is 0.252 e. The van der Waals surface area contributed by atoms with Crippen molar-refractivity contribution < 1.29 is 13.2 Å². The van der Waals surface area contributed by atoms with Crippen LogP contribution in [-0.2, 0) is 9.84 Å². The number of sulfone groups is 1. The molecule has 1 fully saturated rings. The van der Waals surface area contributed by atoms with Crippen LogP contribution >= 0.6 is 0 Å². The van der Waals surface area contributed by atoms with Gasteiger partial charge >= 0.3 is 0 Å². The molecule has 5 nitrogen and oxygen atoms in total. The highest BCUT2D eigenvalue weighted by Crippen LogP contribution is 2.26. The zero-order valence-corrected chi connectivity index (χ0v) is 14.4. The third-order valence-corrected chi connectivity index (χ3v) is 6.42. The summed E-state index contributed by atoms with van der Waals surface area (Å²) in [5, 5.41) is 2.96. The molecule has 0 radical (unpaired) electrons. The summed E-state index contributed by atoms with van der Waals surface area (Å²) in [5.74, 6) is 0.00606. The molecule has 1 amide bonds. The van der Waals surface area contributed by atoms with Crippen molar-refractivity contribution in [3.05, 3.63) is 29.8 Å². The topological polar surface area (TPSA) is 89.3 Å². The van der Waals surface area contributed by atoms with Crippen LogP contribution in [0.1, 0.15) is 49.4 Å². The first-order valence-corrected chi connectivity index (χ1v) is 9.97. The van der Waals surface area contributed by atoms with Gasteiger partial charge in [0, 0.05) is 12.6 Å². The summed E-state index contributed by atoms with van der Waals surface area (Å²) in [6, 6.07) is 6.28. The molecule has 6 heteroatoms. The van der Waals surface area contributed by atoms with E-state index in [4.69, 9.17) is 5.73 Å². The highest BCUT2D eigenvalue weighted by molar-refractivity contribution is 7.91. The van der Waals surface area contributed by atoms with Crippen LogP contribution in [0.15, 0.2) is 29.2 Å². The van der Waals surface area contributed by atoms with E-state index in [9.17, 15) is 13.2 Å². The third-order valence-electron chi connectivity index (χ3n) is 4.64. The number of hydrogen-bond acceptors (Lipinski definition) is 4. The molecule has 2 rings (SSSR count). The SMILES string of the molecule is CCS(=O)(=O)c1ccccc1C(=O)NC(CN)C1CCCCC1. The lowest BCUT2D eigenvalue weighted by atomic mass is 9.84. The highest BCUT2D eigenvalue weighted by atomic mass is 32.2. The van der Waals surface area contributed by atoms with Gasteiger partial charge in [0.1, 0.15) is 0 Å². The molecule has 0 bridgehead atoms. The van der Waals surface area contributed by atoms with Gasteiger partial charge in [0.25, 0.3) is 5.91 Å². The summed E-state index contributed by atoms with van der Waals surface area (Å²) in [6.45, 7) is 1.95. The number of carbonyl (C=O) groups is 1. The van der Waals surface area contributed by atoms with Crippen LogP contribution < -0.4 is 11.1 Å². The van der Waals surface area contributed by atoms with Gasteiger partial charge in [-0.05, 0) is 30.9 Å². The number of amides is 1. The zero-order valence-electron chi connectivity index (χ0n) is 13.6. The minimum absolute atomic E-state index is 0.0275. The molecule has 3 N–H and O–H groups in total. The van der Waals surface area contributed by atoms with E-state index in [0.29, 0.717) is 12.5 Å². The quantitative estimate of drug-likeness (QED) is 0.831. The van der Waals surface area contributed by atoms with Gasteiger partial charge in [-0.1, -0.05) is 38.3 Å². The Morgan fingerprint density at radius 1 is 1.26 bits per heavy atom. The Balaban J connectivity index is 2.20.